The van der Waals surface area contributed by atoms with Gasteiger partial charge in [-0.25, -0.2) is 0 Å². The summed E-state index contributed by atoms with van der Waals surface area (Å²) in [6.07, 6.45) is 0. The van der Waals surface area contributed by atoms with Crippen LogP contribution in [0.4, 0.5) is 5.69 Å². The van der Waals surface area contributed by atoms with Crippen molar-refractivity contribution in [1.29, 1.82) is 0 Å². The minimum atomic E-state index is -0.394. The number of benzene rings is 2. The molecule has 5 nitrogen and oxygen atoms in total. The Morgan fingerprint density at radius 3 is 2.45 bits per heavy atom. The number of nitrogens with zero attached hydrogens (tertiary/aromatic N) is 3. The molecule has 3 aromatic rings. The van der Waals surface area contributed by atoms with E-state index >= 15 is 0 Å². The molecule has 1 aromatic heterocycles. The number of rotatable bonds is 3. The van der Waals surface area contributed by atoms with Gasteiger partial charge >= 0.3 is 0 Å². The van der Waals surface area contributed by atoms with Gasteiger partial charge in [-0.05, 0) is 54.1 Å². The second kappa shape index (κ2) is 8.67. The van der Waals surface area contributed by atoms with Gasteiger partial charge in [0.05, 0.1) is 12.0 Å². The van der Waals surface area contributed by atoms with Crippen molar-refractivity contribution in [2.75, 3.05) is 38.1 Å². The highest BCUT2D eigenvalue weighted by Crippen LogP contribution is 2.44. The third kappa shape index (κ3) is 3.82. The smallest absolute Gasteiger partial charge is 0.254 e. The summed E-state index contributed by atoms with van der Waals surface area (Å²) in [5.74, 6) is -0.302. The Morgan fingerprint density at radius 1 is 0.970 bits per heavy atom. The molecule has 2 aliphatic heterocycles. The molecule has 0 aliphatic carbocycles. The Bertz CT molecular complexity index is 1180. The van der Waals surface area contributed by atoms with Crippen molar-refractivity contribution in [3.05, 3.63) is 87.1 Å². The molecule has 0 N–H and O–H groups in total. The van der Waals surface area contributed by atoms with Gasteiger partial charge in [0.2, 0.25) is 5.91 Å². The molecule has 170 valence electrons. The molecule has 0 spiro atoms. The van der Waals surface area contributed by atoms with Crippen LogP contribution in [0.25, 0.3) is 0 Å². The number of anilines is 1. The molecular weight excluding hydrogens is 430 g/mol. The predicted octanol–water partition coefficient (Wildman–Crippen LogP) is 4.62. The Hall–Kier alpha value is -3.12. The number of piperazine rings is 1. The second-order valence-corrected chi connectivity index (χ2v) is 10.0. The molecule has 0 bridgehead atoms. The highest BCUT2D eigenvalue weighted by atomic mass is 32.1. The molecule has 33 heavy (non-hydrogen) atoms. The van der Waals surface area contributed by atoms with Crippen LogP contribution in [-0.4, -0.2) is 54.8 Å². The number of hydrogen-bond donors (Lipinski definition) is 0. The average Bonchev–Trinajstić information content (AvgIpc) is 3.37. The lowest BCUT2D eigenvalue weighted by Gasteiger charge is -2.43. The van der Waals surface area contributed by atoms with Gasteiger partial charge in [0.25, 0.3) is 5.91 Å². The number of thiophene rings is 1. The van der Waals surface area contributed by atoms with Crippen LogP contribution < -0.4 is 4.90 Å². The van der Waals surface area contributed by atoms with Crippen LogP contribution in [0.3, 0.4) is 0 Å². The molecule has 2 aliphatic rings. The van der Waals surface area contributed by atoms with Crippen molar-refractivity contribution in [2.24, 2.45) is 0 Å². The second-order valence-electron chi connectivity index (χ2n) is 9.04. The Labute approximate surface area is 199 Å². The third-order valence-electron chi connectivity index (χ3n) is 6.98. The highest BCUT2D eigenvalue weighted by molar-refractivity contribution is 7.10. The van der Waals surface area contributed by atoms with Crippen LogP contribution in [0.15, 0.2) is 60.0 Å². The van der Waals surface area contributed by atoms with Gasteiger partial charge in [-0.3, -0.25) is 9.59 Å². The fourth-order valence-corrected chi connectivity index (χ4v) is 6.09. The monoisotopic (exact) mass is 459 g/mol. The van der Waals surface area contributed by atoms with E-state index in [1.165, 1.54) is 16.8 Å². The molecule has 6 heteroatoms. The van der Waals surface area contributed by atoms with Crippen LogP contribution in [0.5, 0.6) is 0 Å². The van der Waals surface area contributed by atoms with Gasteiger partial charge in [0, 0.05) is 49.4 Å². The van der Waals surface area contributed by atoms with Gasteiger partial charge in [-0.15, -0.1) is 11.3 Å². The van der Waals surface area contributed by atoms with Crippen LogP contribution >= 0.6 is 11.3 Å². The summed E-state index contributed by atoms with van der Waals surface area (Å²) in [7, 11) is 1.82. The quantitative estimate of drug-likeness (QED) is 0.574. The fourth-order valence-electron chi connectivity index (χ4n) is 5.18. The van der Waals surface area contributed by atoms with Crippen LogP contribution in [0, 0.1) is 13.8 Å². The number of aryl methyl sites for hydroxylation is 2. The molecule has 1 saturated heterocycles. The molecular formula is C27H29N3O2S. The molecule has 2 amide bonds. The van der Waals surface area contributed by atoms with Crippen molar-refractivity contribution in [3.63, 3.8) is 0 Å². The zero-order valence-corrected chi connectivity index (χ0v) is 20.1. The molecule has 0 radical (unpaired) electrons. The average molecular weight is 460 g/mol. The number of fused-ring (bicyclic) bond motifs is 1. The Kier molecular flexibility index (Phi) is 5.71. The summed E-state index contributed by atoms with van der Waals surface area (Å²) in [6, 6.07) is 17.9. The molecule has 5 rings (SSSR count). The van der Waals surface area contributed by atoms with E-state index in [-0.39, 0.29) is 17.9 Å². The van der Waals surface area contributed by atoms with E-state index in [1.807, 2.05) is 53.7 Å². The summed E-state index contributed by atoms with van der Waals surface area (Å²) in [5.41, 5.74) is 5.26. The largest absolute Gasteiger partial charge is 0.368 e. The van der Waals surface area contributed by atoms with Crippen LogP contribution in [0.1, 0.15) is 43.9 Å². The fraction of sp³-hybridized carbons (Fsp3) is 0.333. The third-order valence-corrected chi connectivity index (χ3v) is 7.92. The zero-order chi connectivity index (χ0) is 23.1. The van der Waals surface area contributed by atoms with E-state index in [0.29, 0.717) is 18.7 Å². The van der Waals surface area contributed by atoms with Crippen LogP contribution in [0.2, 0.25) is 0 Å². The van der Waals surface area contributed by atoms with Gasteiger partial charge in [0.15, 0.2) is 0 Å². The number of carbonyl (C=O) groups excluding carboxylic acids is 2. The number of likely N-dealkylation sites (N-methyl/N-ethyl adjacent to an activating group) is 1. The molecule has 0 saturated carbocycles. The number of carbonyl (C=O) groups is 2. The molecule has 2 aromatic carbocycles. The number of hydrogen-bond acceptors (Lipinski definition) is 4. The molecule has 2 atom stereocenters. The maximum Gasteiger partial charge on any atom is 0.254 e. The topological polar surface area (TPSA) is 43.9 Å². The SMILES string of the molecule is Cc1ccc(C)c(N2CCN(C(=O)[C@@H]3c4ccccc4C(=O)N(C)[C@H]3c3cccs3)CC2)c1. The summed E-state index contributed by atoms with van der Waals surface area (Å²) < 4.78 is 0. The summed E-state index contributed by atoms with van der Waals surface area (Å²) in [6.45, 7) is 7.24. The van der Waals surface area contributed by atoms with Gasteiger partial charge < -0.3 is 14.7 Å². The van der Waals surface area contributed by atoms with E-state index in [0.717, 1.165) is 23.5 Å². The van der Waals surface area contributed by atoms with E-state index in [4.69, 9.17) is 0 Å². The maximum atomic E-state index is 14.0. The van der Waals surface area contributed by atoms with Gasteiger partial charge in [-0.2, -0.15) is 0 Å². The standard InChI is InChI=1S/C27H29N3O2S/c1-18-10-11-19(2)22(17-18)29-12-14-30(15-13-29)27(32)24-20-7-4-5-8-21(20)26(31)28(3)25(24)23-9-6-16-33-23/h4-11,16-17,24-25H,12-15H2,1-3H3/t24-,25+/m1/s1. The highest BCUT2D eigenvalue weighted by Gasteiger charge is 2.44. The van der Waals surface area contributed by atoms with Crippen molar-refractivity contribution in [2.45, 2.75) is 25.8 Å². The first-order valence-electron chi connectivity index (χ1n) is 11.5. The number of amides is 2. The lowest BCUT2D eigenvalue weighted by atomic mass is 9.81. The van der Waals surface area contributed by atoms with E-state index < -0.39 is 5.92 Å². The lowest BCUT2D eigenvalue weighted by Crippen LogP contribution is -2.53. The van der Waals surface area contributed by atoms with Crippen LogP contribution in [-0.2, 0) is 4.79 Å². The predicted molar refractivity (Wildman–Crippen MR) is 133 cm³/mol. The zero-order valence-electron chi connectivity index (χ0n) is 19.3. The first-order valence-corrected chi connectivity index (χ1v) is 12.3. The Morgan fingerprint density at radius 2 is 1.73 bits per heavy atom. The summed E-state index contributed by atoms with van der Waals surface area (Å²) in [4.78, 5) is 34.3. The minimum Gasteiger partial charge on any atom is -0.368 e. The molecule has 3 heterocycles. The normalized spacial score (nSPS) is 20.7. The summed E-state index contributed by atoms with van der Waals surface area (Å²) in [5, 5.41) is 2.01. The minimum absolute atomic E-state index is 0.0206. The Balaban J connectivity index is 1.43. The van der Waals surface area contributed by atoms with E-state index in [2.05, 4.69) is 36.9 Å². The maximum absolute atomic E-state index is 14.0. The van der Waals surface area contributed by atoms with E-state index in [9.17, 15) is 9.59 Å². The first kappa shape index (κ1) is 21.7. The van der Waals surface area contributed by atoms with Crippen molar-refractivity contribution >= 4 is 28.8 Å². The van der Waals surface area contributed by atoms with Crippen molar-refractivity contribution in [3.8, 4) is 0 Å². The van der Waals surface area contributed by atoms with E-state index in [1.54, 1.807) is 16.2 Å². The van der Waals surface area contributed by atoms with Gasteiger partial charge in [-0.1, -0.05) is 36.4 Å². The van der Waals surface area contributed by atoms with Crippen molar-refractivity contribution < 1.29 is 9.59 Å². The van der Waals surface area contributed by atoms with Gasteiger partial charge in [0.1, 0.15) is 0 Å². The van der Waals surface area contributed by atoms with Crippen molar-refractivity contribution in [1.82, 2.24) is 9.80 Å². The molecule has 1 fully saturated rings. The first-order chi connectivity index (χ1) is 16.0. The molecule has 0 unspecified atom stereocenters. The lowest BCUT2D eigenvalue weighted by molar-refractivity contribution is -0.134. The summed E-state index contributed by atoms with van der Waals surface area (Å²) >= 11 is 1.61.